The summed E-state index contributed by atoms with van der Waals surface area (Å²) >= 11 is 0. The molecular weight excluding hydrogens is 342 g/mol. The van der Waals surface area contributed by atoms with Gasteiger partial charge in [0.15, 0.2) is 33.0 Å². The molecule has 0 bridgehead atoms. The van der Waals surface area contributed by atoms with E-state index in [1.807, 2.05) is 0 Å². The lowest BCUT2D eigenvalue weighted by Gasteiger charge is -2.08. The lowest BCUT2D eigenvalue weighted by molar-refractivity contribution is 0.359. The van der Waals surface area contributed by atoms with Crippen molar-refractivity contribution in [3.8, 4) is 5.75 Å². The predicted molar refractivity (Wildman–Crippen MR) is 79.8 cm³/mol. The number of ether oxygens (including phenoxy) is 1. The number of sulfone groups is 1. The van der Waals surface area contributed by atoms with Gasteiger partial charge in [-0.15, -0.1) is 5.10 Å². The molecule has 0 radical (unpaired) electrons. The van der Waals surface area contributed by atoms with Crippen molar-refractivity contribution < 1.29 is 21.9 Å². The maximum Gasteiger partial charge on any atom is 0.190 e. The van der Waals surface area contributed by atoms with Crippen LogP contribution in [-0.2, 0) is 27.9 Å². The van der Waals surface area contributed by atoms with Gasteiger partial charge in [-0.3, -0.25) is 0 Å². The number of benzene rings is 1. The second kappa shape index (κ2) is 6.42. The number of hydrogen-bond acceptors (Lipinski definition) is 6. The van der Waals surface area contributed by atoms with Crippen LogP contribution in [0.3, 0.4) is 0 Å². The van der Waals surface area contributed by atoms with Crippen LogP contribution in [0.2, 0.25) is 0 Å². The van der Waals surface area contributed by atoms with Crippen molar-refractivity contribution in [3.63, 3.8) is 0 Å². The molecule has 7 nitrogen and oxygen atoms in total. The minimum atomic E-state index is -3.69. The second-order valence-corrected chi connectivity index (χ2v) is 7.91. The number of halogens is 2. The fraction of sp³-hybridized carbons (Fsp3) is 0.500. The van der Waals surface area contributed by atoms with Gasteiger partial charge in [-0.05, 0) is 46.9 Å². The molecular formula is C14H16F2N4O3S. The van der Waals surface area contributed by atoms with Gasteiger partial charge in [0.05, 0.1) is 12.9 Å². The Bertz CT molecular complexity index is 826. The van der Waals surface area contributed by atoms with Gasteiger partial charge in [-0.2, -0.15) is 0 Å². The van der Waals surface area contributed by atoms with E-state index in [4.69, 9.17) is 0 Å². The molecule has 2 aromatic rings. The van der Waals surface area contributed by atoms with Crippen LogP contribution in [0.25, 0.3) is 0 Å². The quantitative estimate of drug-likeness (QED) is 0.745. The zero-order valence-electron chi connectivity index (χ0n) is 12.9. The van der Waals surface area contributed by atoms with Crippen LogP contribution < -0.4 is 4.74 Å². The molecule has 130 valence electrons. The van der Waals surface area contributed by atoms with Crippen molar-refractivity contribution in [2.45, 2.75) is 30.9 Å². The molecule has 1 aliphatic rings. The zero-order valence-corrected chi connectivity index (χ0v) is 13.8. The summed E-state index contributed by atoms with van der Waals surface area (Å²) in [6.07, 6.45) is 2.16. The van der Waals surface area contributed by atoms with Crippen molar-refractivity contribution in [1.82, 2.24) is 20.2 Å². The van der Waals surface area contributed by atoms with E-state index < -0.39 is 33.0 Å². The van der Waals surface area contributed by atoms with Crippen molar-refractivity contribution in [1.29, 1.82) is 0 Å². The molecule has 0 amide bonds. The molecule has 0 aliphatic heterocycles. The van der Waals surface area contributed by atoms with Gasteiger partial charge >= 0.3 is 0 Å². The topological polar surface area (TPSA) is 87.0 Å². The van der Waals surface area contributed by atoms with Crippen LogP contribution in [0.5, 0.6) is 5.75 Å². The van der Waals surface area contributed by atoms with Gasteiger partial charge in [0.2, 0.25) is 0 Å². The molecule has 0 atom stereocenters. The van der Waals surface area contributed by atoms with E-state index in [2.05, 4.69) is 20.3 Å². The van der Waals surface area contributed by atoms with E-state index in [1.165, 1.54) is 4.68 Å². The molecule has 3 rings (SSSR count). The highest BCUT2D eigenvalue weighted by molar-refractivity contribution is 7.89. The molecule has 10 heteroatoms. The molecule has 1 fully saturated rings. The molecule has 0 spiro atoms. The molecule has 1 saturated carbocycles. The third-order valence-corrected chi connectivity index (χ3v) is 5.20. The van der Waals surface area contributed by atoms with Crippen LogP contribution in [0.1, 0.15) is 24.2 Å². The Morgan fingerprint density at radius 1 is 1.25 bits per heavy atom. The second-order valence-electron chi connectivity index (χ2n) is 5.85. The minimum Gasteiger partial charge on any atom is -0.491 e. The number of tetrazole rings is 1. The van der Waals surface area contributed by atoms with Crippen LogP contribution in [0.4, 0.5) is 8.78 Å². The molecule has 0 N–H and O–H groups in total. The van der Waals surface area contributed by atoms with Gasteiger partial charge in [0, 0.05) is 6.54 Å². The third-order valence-electron chi connectivity index (χ3n) is 3.73. The Balaban J connectivity index is 1.75. The Hall–Kier alpha value is -2.10. The van der Waals surface area contributed by atoms with Crippen LogP contribution in [-0.4, -0.2) is 35.7 Å². The van der Waals surface area contributed by atoms with Gasteiger partial charge in [-0.1, -0.05) is 0 Å². The summed E-state index contributed by atoms with van der Waals surface area (Å²) in [7, 11) is -2.55. The van der Waals surface area contributed by atoms with Gasteiger partial charge in [-0.25, -0.2) is 21.9 Å². The Morgan fingerprint density at radius 2 is 1.92 bits per heavy atom. The molecule has 1 heterocycles. The normalized spacial score (nSPS) is 14.8. The maximum atomic E-state index is 13.7. The Morgan fingerprint density at radius 3 is 2.50 bits per heavy atom. The van der Waals surface area contributed by atoms with E-state index >= 15 is 0 Å². The summed E-state index contributed by atoms with van der Waals surface area (Å²) in [6.45, 7) is 0.587. The van der Waals surface area contributed by atoms with E-state index in [0.717, 1.165) is 32.1 Å². The zero-order chi connectivity index (χ0) is 17.3. The van der Waals surface area contributed by atoms with E-state index in [-0.39, 0.29) is 17.1 Å². The molecule has 24 heavy (non-hydrogen) atoms. The van der Waals surface area contributed by atoms with Crippen LogP contribution >= 0.6 is 0 Å². The number of hydrogen-bond donors (Lipinski definition) is 0. The summed E-state index contributed by atoms with van der Waals surface area (Å²) in [6, 6.07) is 1.90. The highest BCUT2D eigenvalue weighted by Crippen LogP contribution is 2.30. The number of methoxy groups -OCH3 is 1. The van der Waals surface area contributed by atoms with Crippen LogP contribution in [0, 0.1) is 17.6 Å². The highest BCUT2D eigenvalue weighted by Gasteiger charge is 2.26. The van der Waals surface area contributed by atoms with Gasteiger partial charge in [0.1, 0.15) is 5.75 Å². The lowest BCUT2D eigenvalue weighted by Crippen LogP contribution is -2.14. The standard InChI is InChI=1S/C14H16F2N4O3S/c1-23-14-11(15)4-10(5-12(14)16)7-24(21,22)8-13-17-18-19-20(13)6-9-2-3-9/h4-5,9H,2-3,6-8H2,1H3. The van der Waals surface area contributed by atoms with Crippen molar-refractivity contribution in [2.24, 2.45) is 5.92 Å². The first kappa shape index (κ1) is 16.7. The third kappa shape index (κ3) is 3.86. The number of nitrogens with zero attached hydrogens (tertiary/aromatic N) is 4. The summed E-state index contributed by atoms with van der Waals surface area (Å²) in [5, 5.41) is 11.0. The summed E-state index contributed by atoms with van der Waals surface area (Å²) in [4.78, 5) is 0. The Kier molecular flexibility index (Phi) is 4.48. The van der Waals surface area contributed by atoms with Crippen molar-refractivity contribution in [2.75, 3.05) is 7.11 Å². The van der Waals surface area contributed by atoms with E-state index in [1.54, 1.807) is 0 Å². The molecule has 0 unspecified atom stereocenters. The van der Waals surface area contributed by atoms with Crippen molar-refractivity contribution in [3.05, 3.63) is 35.2 Å². The Labute approximate surface area is 137 Å². The summed E-state index contributed by atoms with van der Waals surface area (Å²) in [5.74, 6) is -2.61. The number of aromatic nitrogens is 4. The van der Waals surface area contributed by atoms with E-state index in [0.29, 0.717) is 12.5 Å². The average Bonchev–Trinajstić information content (AvgIpc) is 3.19. The summed E-state index contributed by atoms with van der Waals surface area (Å²) in [5.41, 5.74) is 0.00650. The molecule has 1 aromatic carbocycles. The number of rotatable bonds is 7. The highest BCUT2D eigenvalue weighted by atomic mass is 32.2. The maximum absolute atomic E-state index is 13.7. The first-order chi connectivity index (χ1) is 11.4. The van der Waals surface area contributed by atoms with Gasteiger partial charge < -0.3 is 4.74 Å². The first-order valence-corrected chi connectivity index (χ1v) is 9.17. The lowest BCUT2D eigenvalue weighted by atomic mass is 10.2. The first-order valence-electron chi connectivity index (χ1n) is 7.35. The smallest absolute Gasteiger partial charge is 0.190 e. The largest absolute Gasteiger partial charge is 0.491 e. The molecule has 1 aliphatic carbocycles. The van der Waals surface area contributed by atoms with E-state index in [9.17, 15) is 17.2 Å². The van der Waals surface area contributed by atoms with Crippen LogP contribution in [0.15, 0.2) is 12.1 Å². The molecule has 0 saturated heterocycles. The summed E-state index contributed by atoms with van der Waals surface area (Å²) < 4.78 is 58.0. The van der Waals surface area contributed by atoms with Gasteiger partial charge in [0.25, 0.3) is 0 Å². The fourth-order valence-electron chi connectivity index (χ4n) is 2.41. The van der Waals surface area contributed by atoms with Crippen molar-refractivity contribution >= 4 is 9.84 Å². The SMILES string of the molecule is COc1c(F)cc(CS(=O)(=O)Cc2nnnn2CC2CC2)cc1F. The average molecular weight is 358 g/mol. The molecule has 1 aromatic heterocycles. The minimum absolute atomic E-state index is 0.00650. The monoisotopic (exact) mass is 358 g/mol. The predicted octanol–water partition coefficient (Wildman–Crippen LogP) is 1.48. The fourth-order valence-corrected chi connectivity index (χ4v) is 3.78.